The van der Waals surface area contributed by atoms with Gasteiger partial charge in [-0.2, -0.15) is 5.10 Å². The predicted octanol–water partition coefficient (Wildman–Crippen LogP) is 3.03. The van der Waals surface area contributed by atoms with Crippen LogP contribution in [0, 0.1) is 0 Å². The molecule has 0 unspecified atom stereocenters. The SMILES string of the molecule is NC1=NCc2nnc(-c3ccccc3)c(-c3ccccc3)c21. The fourth-order valence-corrected chi connectivity index (χ4v) is 2.78. The zero-order chi connectivity index (χ0) is 14.9. The third kappa shape index (κ3) is 1.97. The number of nitrogens with two attached hydrogens (primary N) is 1. The molecule has 2 aromatic carbocycles. The molecule has 4 heteroatoms. The van der Waals surface area contributed by atoms with E-state index in [0.717, 1.165) is 33.6 Å². The molecule has 0 aliphatic carbocycles. The van der Waals surface area contributed by atoms with Crippen LogP contribution in [0.4, 0.5) is 0 Å². The minimum atomic E-state index is 0.503. The third-order valence-electron chi connectivity index (χ3n) is 3.81. The summed E-state index contributed by atoms with van der Waals surface area (Å²) in [6.07, 6.45) is 0. The Bertz CT molecular complexity index is 855. The summed E-state index contributed by atoms with van der Waals surface area (Å²) >= 11 is 0. The summed E-state index contributed by atoms with van der Waals surface area (Å²) in [5.74, 6) is 0.543. The lowest BCUT2D eigenvalue weighted by Crippen LogP contribution is -2.14. The highest BCUT2D eigenvalue weighted by molar-refractivity contribution is 6.08. The third-order valence-corrected chi connectivity index (χ3v) is 3.81. The Balaban J connectivity index is 2.05. The number of amidine groups is 1. The second kappa shape index (κ2) is 5.07. The number of aromatic nitrogens is 2. The molecule has 0 bridgehead atoms. The second-order valence-electron chi connectivity index (χ2n) is 5.18. The molecule has 0 saturated heterocycles. The Morgan fingerprint density at radius 3 is 2.05 bits per heavy atom. The van der Waals surface area contributed by atoms with Gasteiger partial charge in [0.2, 0.25) is 0 Å². The van der Waals surface area contributed by atoms with E-state index in [1.165, 1.54) is 0 Å². The quantitative estimate of drug-likeness (QED) is 0.787. The van der Waals surface area contributed by atoms with Crippen LogP contribution >= 0.6 is 0 Å². The van der Waals surface area contributed by atoms with Crippen molar-refractivity contribution in [2.45, 2.75) is 6.54 Å². The molecular formula is C18H14N4. The number of nitrogens with zero attached hydrogens (tertiary/aromatic N) is 3. The van der Waals surface area contributed by atoms with Crippen LogP contribution in [0.1, 0.15) is 11.3 Å². The molecule has 0 atom stereocenters. The van der Waals surface area contributed by atoms with E-state index in [1.807, 2.05) is 48.5 Å². The molecular weight excluding hydrogens is 272 g/mol. The van der Waals surface area contributed by atoms with Crippen molar-refractivity contribution in [1.82, 2.24) is 10.2 Å². The highest BCUT2D eigenvalue weighted by Gasteiger charge is 2.24. The molecule has 4 rings (SSSR count). The molecule has 1 aromatic heterocycles. The lowest BCUT2D eigenvalue weighted by molar-refractivity contribution is 0.923. The minimum absolute atomic E-state index is 0.503. The first-order chi connectivity index (χ1) is 10.8. The summed E-state index contributed by atoms with van der Waals surface area (Å²) in [4.78, 5) is 4.32. The van der Waals surface area contributed by atoms with E-state index >= 15 is 0 Å². The molecule has 3 aromatic rings. The van der Waals surface area contributed by atoms with Crippen LogP contribution < -0.4 is 5.73 Å². The molecule has 0 spiro atoms. The van der Waals surface area contributed by atoms with Crippen molar-refractivity contribution in [2.24, 2.45) is 10.7 Å². The topological polar surface area (TPSA) is 64.2 Å². The van der Waals surface area contributed by atoms with Crippen LogP contribution in [-0.2, 0) is 6.54 Å². The summed E-state index contributed by atoms with van der Waals surface area (Å²) in [6.45, 7) is 0.503. The monoisotopic (exact) mass is 286 g/mol. The van der Waals surface area contributed by atoms with E-state index in [9.17, 15) is 0 Å². The first-order valence-corrected chi connectivity index (χ1v) is 7.15. The van der Waals surface area contributed by atoms with Crippen LogP contribution in [0.25, 0.3) is 22.4 Å². The average molecular weight is 286 g/mol. The Morgan fingerprint density at radius 2 is 1.36 bits per heavy atom. The Hall–Kier alpha value is -3.01. The lowest BCUT2D eigenvalue weighted by atomic mass is 9.94. The maximum Gasteiger partial charge on any atom is 0.128 e. The summed E-state index contributed by atoms with van der Waals surface area (Å²) in [5.41, 5.74) is 11.8. The van der Waals surface area contributed by atoms with Crippen LogP contribution in [0.15, 0.2) is 65.7 Å². The standard InChI is InChI=1S/C18H14N4/c19-18-16-14(11-20-18)21-22-17(13-9-5-2-6-10-13)15(16)12-7-3-1-4-8-12/h1-10H,11H2,(H2,19,20). The zero-order valence-electron chi connectivity index (χ0n) is 11.9. The molecule has 106 valence electrons. The van der Waals surface area contributed by atoms with E-state index in [4.69, 9.17) is 5.73 Å². The second-order valence-corrected chi connectivity index (χ2v) is 5.18. The van der Waals surface area contributed by atoms with Crippen LogP contribution in [0.2, 0.25) is 0 Å². The normalized spacial score (nSPS) is 12.8. The fraction of sp³-hybridized carbons (Fsp3) is 0.0556. The molecule has 1 aliphatic heterocycles. The van der Waals surface area contributed by atoms with Crippen LogP contribution in [0.3, 0.4) is 0 Å². The van der Waals surface area contributed by atoms with E-state index in [2.05, 4.69) is 27.3 Å². The van der Waals surface area contributed by atoms with Crippen molar-refractivity contribution in [3.63, 3.8) is 0 Å². The number of rotatable bonds is 2. The molecule has 2 heterocycles. The largest absolute Gasteiger partial charge is 0.383 e. The average Bonchev–Trinajstić information content (AvgIpc) is 2.97. The van der Waals surface area contributed by atoms with Crippen molar-refractivity contribution in [3.05, 3.63) is 71.9 Å². The van der Waals surface area contributed by atoms with Gasteiger partial charge in [0.15, 0.2) is 0 Å². The van der Waals surface area contributed by atoms with Crippen molar-refractivity contribution in [3.8, 4) is 22.4 Å². The number of aliphatic imine (C=N–C) groups is 1. The summed E-state index contributed by atoms with van der Waals surface area (Å²) in [7, 11) is 0. The molecule has 0 amide bonds. The van der Waals surface area contributed by atoms with Crippen molar-refractivity contribution < 1.29 is 0 Å². The van der Waals surface area contributed by atoms with Crippen molar-refractivity contribution >= 4 is 5.84 Å². The van der Waals surface area contributed by atoms with Gasteiger partial charge in [-0.05, 0) is 5.56 Å². The summed E-state index contributed by atoms with van der Waals surface area (Å²) in [6, 6.07) is 20.2. The van der Waals surface area contributed by atoms with Gasteiger partial charge in [0, 0.05) is 11.1 Å². The molecule has 1 aliphatic rings. The van der Waals surface area contributed by atoms with Gasteiger partial charge in [0.25, 0.3) is 0 Å². The molecule has 0 radical (unpaired) electrons. The minimum Gasteiger partial charge on any atom is -0.383 e. The van der Waals surface area contributed by atoms with Gasteiger partial charge in [-0.3, -0.25) is 4.99 Å². The van der Waals surface area contributed by atoms with Crippen molar-refractivity contribution in [2.75, 3.05) is 0 Å². The van der Waals surface area contributed by atoms with Gasteiger partial charge in [-0.15, -0.1) is 5.10 Å². The Morgan fingerprint density at radius 1 is 0.727 bits per heavy atom. The van der Waals surface area contributed by atoms with E-state index < -0.39 is 0 Å². The van der Waals surface area contributed by atoms with Gasteiger partial charge in [-0.25, -0.2) is 0 Å². The van der Waals surface area contributed by atoms with Crippen LogP contribution in [-0.4, -0.2) is 16.0 Å². The highest BCUT2D eigenvalue weighted by atomic mass is 15.1. The maximum absolute atomic E-state index is 6.11. The maximum atomic E-state index is 6.11. The molecule has 4 nitrogen and oxygen atoms in total. The zero-order valence-corrected chi connectivity index (χ0v) is 11.9. The summed E-state index contributed by atoms with van der Waals surface area (Å²) in [5, 5.41) is 8.78. The van der Waals surface area contributed by atoms with E-state index in [1.54, 1.807) is 0 Å². The molecule has 2 N–H and O–H groups in total. The van der Waals surface area contributed by atoms with Crippen molar-refractivity contribution in [1.29, 1.82) is 0 Å². The summed E-state index contributed by atoms with van der Waals surface area (Å²) < 4.78 is 0. The Kier molecular flexibility index (Phi) is 2.93. The first kappa shape index (κ1) is 12.7. The van der Waals surface area contributed by atoms with Gasteiger partial charge in [0.05, 0.1) is 17.8 Å². The van der Waals surface area contributed by atoms with E-state index in [-0.39, 0.29) is 0 Å². The van der Waals surface area contributed by atoms with E-state index in [0.29, 0.717) is 12.4 Å². The fourth-order valence-electron chi connectivity index (χ4n) is 2.78. The van der Waals surface area contributed by atoms with Gasteiger partial charge < -0.3 is 5.73 Å². The number of fused-ring (bicyclic) bond motifs is 1. The first-order valence-electron chi connectivity index (χ1n) is 7.15. The molecule has 22 heavy (non-hydrogen) atoms. The van der Waals surface area contributed by atoms with Gasteiger partial charge in [-0.1, -0.05) is 60.7 Å². The lowest BCUT2D eigenvalue weighted by Gasteiger charge is -2.13. The Labute approximate surface area is 128 Å². The van der Waals surface area contributed by atoms with Gasteiger partial charge >= 0.3 is 0 Å². The number of hydrogen-bond donors (Lipinski definition) is 1. The van der Waals surface area contributed by atoms with Crippen LogP contribution in [0.5, 0.6) is 0 Å². The number of benzene rings is 2. The smallest absolute Gasteiger partial charge is 0.128 e. The van der Waals surface area contributed by atoms with Gasteiger partial charge in [0.1, 0.15) is 11.5 Å². The molecule has 0 saturated carbocycles. The highest BCUT2D eigenvalue weighted by Crippen LogP contribution is 2.35. The molecule has 0 fully saturated rings. The predicted molar refractivity (Wildman–Crippen MR) is 87.3 cm³/mol. The number of hydrogen-bond acceptors (Lipinski definition) is 4.